The second-order valence-corrected chi connectivity index (χ2v) is 28.6. The van der Waals surface area contributed by atoms with Crippen molar-refractivity contribution in [3.8, 4) is 92.0 Å². The van der Waals surface area contributed by atoms with E-state index in [0.29, 0.717) is 140 Å². The van der Waals surface area contributed by atoms with E-state index in [9.17, 15) is 0 Å². The van der Waals surface area contributed by atoms with Gasteiger partial charge >= 0.3 is 0 Å². The predicted molar refractivity (Wildman–Crippen MR) is 402 cm³/mol. The average molecular weight is 1430 g/mol. The van der Waals surface area contributed by atoms with Crippen LogP contribution in [0.1, 0.15) is 120 Å². The zero-order chi connectivity index (χ0) is 71.2. The van der Waals surface area contributed by atoms with E-state index in [1.807, 2.05) is 48.5 Å². The zero-order valence-corrected chi connectivity index (χ0v) is 58.7. The maximum absolute atomic E-state index is 7.66. The van der Waals surface area contributed by atoms with Crippen LogP contribution in [-0.4, -0.2) is 39.9 Å². The molecular weight excluding hydrogens is 1350 g/mol. The van der Waals surface area contributed by atoms with Crippen LogP contribution in [0.3, 0.4) is 0 Å². The molecule has 1 aliphatic carbocycles. The molecule has 0 saturated heterocycles. The summed E-state index contributed by atoms with van der Waals surface area (Å²) in [5.41, 5.74) is 13.5. The minimum Gasteiger partial charge on any atom is -0.453 e. The zero-order valence-electron chi connectivity index (χ0n) is 58.7. The highest BCUT2D eigenvalue weighted by Gasteiger charge is 2.40. The number of H-pyrrole nitrogens is 4. The van der Waals surface area contributed by atoms with Crippen molar-refractivity contribution in [1.29, 1.82) is 0 Å². The number of ether oxygens (including phenoxy) is 8. The third-order valence-electron chi connectivity index (χ3n) is 22.0. The van der Waals surface area contributed by atoms with Gasteiger partial charge in [-0.15, -0.1) is 0 Å². The Labute approximate surface area is 619 Å². The molecule has 4 atom stereocenters. The van der Waals surface area contributed by atoms with Crippen molar-refractivity contribution < 1.29 is 56.2 Å². The first kappa shape index (κ1) is 63.1. The van der Waals surface area contributed by atoms with Crippen LogP contribution in [-0.2, 0) is 26.2 Å². The van der Waals surface area contributed by atoms with Crippen LogP contribution >= 0.6 is 0 Å². The number of aryl methyl sites for hydroxylation is 4. The van der Waals surface area contributed by atoms with Gasteiger partial charge in [0.25, 0.3) is 0 Å². The number of aromatic nitrogens is 12. The number of imidazole rings is 4. The Balaban J connectivity index is 0.907. The summed E-state index contributed by atoms with van der Waals surface area (Å²) in [7, 11) is 0. The Morgan fingerprint density at radius 1 is 0.222 bits per heavy atom. The fraction of sp³-hybridized carbons (Fsp3) is 0.182. The van der Waals surface area contributed by atoms with Crippen molar-refractivity contribution in [3.63, 3.8) is 0 Å². The molecule has 20 heteroatoms. The van der Waals surface area contributed by atoms with Gasteiger partial charge in [-0.1, -0.05) is 24.3 Å². The molecule has 20 nitrogen and oxygen atoms in total. The largest absolute Gasteiger partial charge is 0.453 e. The fourth-order valence-corrected chi connectivity index (χ4v) is 16.8. The van der Waals surface area contributed by atoms with Crippen molar-refractivity contribution >= 4 is 44.1 Å². The van der Waals surface area contributed by atoms with Gasteiger partial charge in [-0.2, -0.15) is 0 Å². The molecule has 16 aromatic rings. The van der Waals surface area contributed by atoms with E-state index >= 15 is 0 Å². The molecule has 108 heavy (non-hydrogen) atoms. The molecule has 0 amide bonds. The van der Waals surface area contributed by atoms with Crippen molar-refractivity contribution in [2.24, 2.45) is 0 Å². The fourth-order valence-electron chi connectivity index (χ4n) is 16.8. The Bertz CT molecular complexity index is 5160. The molecule has 8 aromatic heterocycles. The van der Waals surface area contributed by atoms with Gasteiger partial charge in [0.1, 0.15) is 72.2 Å². The summed E-state index contributed by atoms with van der Waals surface area (Å²) in [6.45, 7) is 2.93. The van der Waals surface area contributed by atoms with Crippen LogP contribution < -0.4 is 56.2 Å². The molecule has 528 valence electrons. The maximum Gasteiger partial charge on any atom is 0.172 e. The van der Waals surface area contributed by atoms with E-state index in [-0.39, 0.29) is 0 Å². The average Bonchev–Trinajstić information content (AvgIpc) is 1.50. The number of benzene rings is 8. The highest BCUT2D eigenvalue weighted by atomic mass is 16.5. The number of nitrogens with zero attached hydrogens (tertiary/aromatic N) is 8. The van der Waals surface area contributed by atoms with Crippen molar-refractivity contribution in [1.82, 2.24) is 39.9 Å². The third-order valence-corrected chi connectivity index (χ3v) is 22.0. The SMILES string of the molecule is c1cc[n+](CCCC2c3cc4c5cc3Oc3cc6[nH]cnc6cc3Oc3cc6c(cc32)[C@H](CCC[n+]2ccccc2)c2cc3c(cc2Oc2cc7nc[nH]c7cc2O6)Oc2cc6[nH]cnc6cc2Oc2cc(c(cc2[C@H]3CCC[n+]2ccccc2)[C@@H]4CCC[n+]2ccccc2)Oc2cc3[nH]cnc3cc2O5)cc1. The van der Waals surface area contributed by atoms with Crippen LogP contribution in [0, 0.1) is 0 Å². The minimum atomic E-state index is -0.404. The highest BCUT2D eigenvalue weighted by molar-refractivity contribution is 5.84. The first-order valence-electron chi connectivity index (χ1n) is 37.2. The van der Waals surface area contributed by atoms with Crippen LogP contribution in [0.15, 0.2) is 245 Å². The Morgan fingerprint density at radius 3 is 0.620 bits per heavy atom. The normalized spacial score (nSPS) is 16.1. The lowest BCUT2D eigenvalue weighted by molar-refractivity contribution is -0.697. The molecule has 4 aliphatic heterocycles. The van der Waals surface area contributed by atoms with Gasteiger partial charge in [0.15, 0.2) is 95.6 Å². The first-order chi connectivity index (χ1) is 53.4. The standard InChI is InChI=1S/C88H72N12O8/c1-5-21-97(22-6-1)29-13-17-53-57-33-59-54(18-14-30-98-23-7-2-8-24-98)61-35-63-56(20-16-32-100-27-11-4-12-28-100)64-36-62-55(19-15-31-99-25-9-3-10-26-99)60-34-58(53)74-46-76(60)104-84-40-68-70(94-51-92-68)42-86(84)106-78(62)48-80(64)108-88-44-72-71(95-52-96-72)43-87(88)107-79(63)47-77(61)105-85-41-69-67(91-50-93-69)39-83(85)103-75(59)45-73(57)101-81-37-65-66(90-49-89-65)38-82(81)102-74/h1-12,21-28,33-56H,13-20,29-32H2,(H,89,90)(H,91,93)(H,92,94)(H,95,96)/q+4/t53-,54+,55-,56?. The van der Waals surface area contributed by atoms with E-state index in [2.05, 4.69) is 209 Å². The van der Waals surface area contributed by atoms with Gasteiger partial charge < -0.3 is 57.8 Å². The number of pyridine rings is 4. The molecule has 8 aromatic carbocycles. The molecule has 12 heterocycles. The maximum atomic E-state index is 7.66. The van der Waals surface area contributed by atoms with Gasteiger partial charge in [0, 0.05) is 215 Å². The lowest BCUT2D eigenvalue weighted by Gasteiger charge is -2.30. The minimum absolute atomic E-state index is 0.404. The number of nitrogens with one attached hydrogen (secondary N) is 4. The van der Waals surface area contributed by atoms with E-state index in [1.165, 1.54) is 0 Å². The quantitative estimate of drug-likeness (QED) is 0.0667. The second-order valence-electron chi connectivity index (χ2n) is 28.6. The van der Waals surface area contributed by atoms with Gasteiger partial charge in [0.05, 0.1) is 69.4 Å². The van der Waals surface area contributed by atoms with Crippen LogP contribution in [0.4, 0.5) is 0 Å². The van der Waals surface area contributed by atoms with E-state index < -0.39 is 23.7 Å². The summed E-state index contributed by atoms with van der Waals surface area (Å²) in [5.74, 6) is 6.90. The summed E-state index contributed by atoms with van der Waals surface area (Å²) < 4.78 is 70.3. The molecule has 0 fully saturated rings. The highest BCUT2D eigenvalue weighted by Crippen LogP contribution is 2.60. The van der Waals surface area contributed by atoms with Gasteiger partial charge in [0.2, 0.25) is 0 Å². The van der Waals surface area contributed by atoms with Crippen molar-refractivity contribution in [3.05, 3.63) is 289 Å². The number of rotatable bonds is 16. The smallest absolute Gasteiger partial charge is 0.172 e. The van der Waals surface area contributed by atoms with E-state index in [4.69, 9.17) is 57.8 Å². The van der Waals surface area contributed by atoms with Crippen LogP contribution in [0.5, 0.6) is 92.0 Å². The Kier molecular flexibility index (Phi) is 15.4. The molecule has 21 rings (SSSR count). The Morgan fingerprint density at radius 2 is 0.417 bits per heavy atom. The van der Waals surface area contributed by atoms with Gasteiger partial charge in [-0.25, -0.2) is 38.2 Å². The Hall–Kier alpha value is -13.4. The molecule has 8 bridgehead atoms. The number of hydrogen-bond donors (Lipinski definition) is 4. The van der Waals surface area contributed by atoms with Crippen molar-refractivity contribution in [2.45, 2.75) is 101 Å². The van der Waals surface area contributed by atoms with Crippen LogP contribution in [0.25, 0.3) is 44.1 Å². The monoisotopic (exact) mass is 1420 g/mol. The number of aromatic amines is 4. The van der Waals surface area contributed by atoms with Gasteiger partial charge in [-0.3, -0.25) is 0 Å². The molecule has 0 saturated carbocycles. The lowest BCUT2D eigenvalue weighted by atomic mass is 9.76. The molecule has 1 unspecified atom stereocenters. The molecule has 4 N–H and O–H groups in total. The summed E-state index contributed by atoms with van der Waals surface area (Å²) in [5, 5.41) is 0. The topological polar surface area (TPSA) is 204 Å². The number of fused-ring (bicyclic) bond motifs is 8. The molecular formula is C88H72N12O8+4. The lowest BCUT2D eigenvalue weighted by Crippen LogP contribution is -2.32. The molecule has 0 spiro atoms. The van der Waals surface area contributed by atoms with Crippen LogP contribution in [0.2, 0.25) is 0 Å². The molecule has 5 aliphatic rings. The van der Waals surface area contributed by atoms with Crippen molar-refractivity contribution in [2.75, 3.05) is 0 Å². The summed E-state index contributed by atoms with van der Waals surface area (Å²) >= 11 is 0. The summed E-state index contributed by atoms with van der Waals surface area (Å²) in [6, 6.07) is 58.7. The third kappa shape index (κ3) is 11.6. The summed E-state index contributed by atoms with van der Waals surface area (Å²) in [4.78, 5) is 32.7. The molecule has 0 radical (unpaired) electrons. The van der Waals surface area contributed by atoms with Gasteiger partial charge in [-0.05, 0) is 49.9 Å². The first-order valence-corrected chi connectivity index (χ1v) is 37.2. The van der Waals surface area contributed by atoms with E-state index in [0.717, 1.165) is 118 Å². The second kappa shape index (κ2) is 26.3. The van der Waals surface area contributed by atoms with E-state index in [1.54, 1.807) is 25.3 Å². The number of hydrogen-bond acceptors (Lipinski definition) is 12. The summed E-state index contributed by atoms with van der Waals surface area (Å²) in [6.07, 6.45) is 29.6. The predicted octanol–water partition coefficient (Wildman–Crippen LogP) is 18.7.